The van der Waals surface area contributed by atoms with Crippen LogP contribution in [0.25, 0.3) is 0 Å². The van der Waals surface area contributed by atoms with Gasteiger partial charge in [0, 0.05) is 51.4 Å². The molecule has 1 radical (unpaired) electrons. The third-order valence-electron chi connectivity index (χ3n) is 1.63. The van der Waals surface area contributed by atoms with Gasteiger partial charge in [0.1, 0.15) is 0 Å². The van der Waals surface area contributed by atoms with Gasteiger partial charge in [-0.25, -0.2) is 4.79 Å². The van der Waals surface area contributed by atoms with Gasteiger partial charge in [0.25, 0.3) is 0 Å². The summed E-state index contributed by atoms with van der Waals surface area (Å²) >= 11 is 0. The quantitative estimate of drug-likeness (QED) is 0.613. The summed E-state index contributed by atoms with van der Waals surface area (Å²) in [4.78, 5) is 9.84. The standard InChI is InChI=1S/C6HF11O3.K/c7-2(1(18)19,4(10,11)12)20-6(16,17)3(8,9)5(13,14)15;/h(H,18,19);. The number of carboxylic acids is 1. The molecule has 121 valence electrons. The Bertz CT molecular complexity index is 388. The zero-order valence-electron chi connectivity index (χ0n) is 9.42. The Labute approximate surface area is 149 Å². The Balaban J connectivity index is 0. The van der Waals surface area contributed by atoms with Crippen molar-refractivity contribution >= 4 is 57.4 Å². The maximum Gasteiger partial charge on any atom is 0.462 e. The first kappa shape index (κ1) is 23.6. The number of aliphatic carboxylic acids is 1. The minimum atomic E-state index is -7.27. The van der Waals surface area contributed by atoms with Gasteiger partial charge < -0.3 is 5.11 Å². The van der Waals surface area contributed by atoms with E-state index in [1.165, 1.54) is 0 Å². The van der Waals surface area contributed by atoms with Gasteiger partial charge in [-0.1, -0.05) is 0 Å². The second-order valence-electron chi connectivity index (χ2n) is 3.09. The van der Waals surface area contributed by atoms with E-state index in [9.17, 15) is 53.1 Å². The summed E-state index contributed by atoms with van der Waals surface area (Å²) in [5.41, 5.74) is 0. The summed E-state index contributed by atoms with van der Waals surface area (Å²) in [5, 5.41) is 7.72. The van der Waals surface area contributed by atoms with E-state index in [1.807, 2.05) is 0 Å². The maximum atomic E-state index is 12.7. The molecule has 0 aromatic carbocycles. The van der Waals surface area contributed by atoms with Crippen LogP contribution in [-0.4, -0.2) is 92.7 Å². The van der Waals surface area contributed by atoms with Crippen LogP contribution in [0.1, 0.15) is 0 Å². The van der Waals surface area contributed by atoms with Gasteiger partial charge in [0.05, 0.1) is 0 Å². The molecule has 0 aliphatic carbocycles. The topological polar surface area (TPSA) is 46.5 Å². The van der Waals surface area contributed by atoms with E-state index in [-0.39, 0.29) is 51.4 Å². The number of alkyl halides is 11. The van der Waals surface area contributed by atoms with Crippen LogP contribution in [0.15, 0.2) is 0 Å². The van der Waals surface area contributed by atoms with Gasteiger partial charge in [0.2, 0.25) is 0 Å². The molecule has 21 heavy (non-hydrogen) atoms. The van der Waals surface area contributed by atoms with Crippen LogP contribution < -0.4 is 0 Å². The summed E-state index contributed by atoms with van der Waals surface area (Å²) in [6, 6.07) is 0. The van der Waals surface area contributed by atoms with Crippen LogP contribution in [0, 0.1) is 0 Å². The van der Waals surface area contributed by atoms with Crippen LogP contribution in [0.3, 0.4) is 0 Å². The molecule has 0 aromatic heterocycles. The van der Waals surface area contributed by atoms with Crippen molar-refractivity contribution in [2.45, 2.75) is 30.2 Å². The van der Waals surface area contributed by atoms with Gasteiger partial charge in [0.15, 0.2) is 0 Å². The van der Waals surface area contributed by atoms with E-state index in [4.69, 9.17) is 5.11 Å². The molecule has 1 unspecified atom stereocenters. The van der Waals surface area contributed by atoms with E-state index in [0.29, 0.717) is 0 Å². The molecule has 0 saturated carbocycles. The Kier molecular flexibility index (Phi) is 7.21. The van der Waals surface area contributed by atoms with Gasteiger partial charge in [-0.2, -0.15) is 48.3 Å². The Hall–Kier alpha value is 0.296. The number of hydrogen-bond acceptors (Lipinski definition) is 2. The predicted octanol–water partition coefficient (Wildman–Crippen LogP) is 2.73. The molecule has 0 amide bonds. The SMILES string of the molecule is O=C(O)C(F)(OC(F)(F)C(F)(F)C(F)(F)F)C(F)(F)F.[K]. The minimum absolute atomic E-state index is 0. The predicted molar refractivity (Wildman–Crippen MR) is 40.3 cm³/mol. The molecule has 15 heteroatoms. The monoisotopic (exact) mass is 369 g/mol. The largest absolute Gasteiger partial charge is 0.477 e. The molecular weight excluding hydrogens is 368 g/mol. The third-order valence-corrected chi connectivity index (χ3v) is 1.63. The van der Waals surface area contributed by atoms with Crippen molar-refractivity contribution in [1.29, 1.82) is 0 Å². The van der Waals surface area contributed by atoms with E-state index in [2.05, 4.69) is 0 Å². The zero-order valence-corrected chi connectivity index (χ0v) is 12.5. The second-order valence-corrected chi connectivity index (χ2v) is 3.09. The van der Waals surface area contributed by atoms with Crippen LogP contribution in [-0.2, 0) is 9.53 Å². The summed E-state index contributed by atoms with van der Waals surface area (Å²) in [7, 11) is 0. The molecule has 1 N–H and O–H groups in total. The Morgan fingerprint density at radius 2 is 1.10 bits per heavy atom. The molecule has 0 aliphatic rings. The zero-order chi connectivity index (χ0) is 16.8. The fraction of sp³-hybridized carbons (Fsp3) is 0.833. The van der Waals surface area contributed by atoms with Crippen LogP contribution in [0.5, 0.6) is 0 Å². The van der Waals surface area contributed by atoms with Crippen LogP contribution in [0.2, 0.25) is 0 Å². The minimum Gasteiger partial charge on any atom is -0.477 e. The van der Waals surface area contributed by atoms with Crippen molar-refractivity contribution in [3.8, 4) is 0 Å². The average Bonchev–Trinajstić information content (AvgIpc) is 2.12. The maximum absolute atomic E-state index is 12.7. The Morgan fingerprint density at radius 3 is 1.29 bits per heavy atom. The van der Waals surface area contributed by atoms with Gasteiger partial charge in [-0.15, -0.1) is 0 Å². The molecule has 3 nitrogen and oxygen atoms in total. The van der Waals surface area contributed by atoms with Crippen molar-refractivity contribution in [2.75, 3.05) is 0 Å². The van der Waals surface area contributed by atoms with Crippen molar-refractivity contribution in [3.63, 3.8) is 0 Å². The molecular formula is C6HF11KO3. The number of carboxylic acid groups (broad SMARTS) is 1. The molecule has 0 aliphatic heterocycles. The van der Waals surface area contributed by atoms with Gasteiger partial charge in [-0.05, 0) is 0 Å². The first-order valence-electron chi connectivity index (χ1n) is 3.91. The van der Waals surface area contributed by atoms with E-state index < -0.39 is 36.2 Å². The third kappa shape index (κ3) is 4.40. The fourth-order valence-corrected chi connectivity index (χ4v) is 0.628. The fourth-order valence-electron chi connectivity index (χ4n) is 0.628. The smallest absolute Gasteiger partial charge is 0.462 e. The summed E-state index contributed by atoms with van der Waals surface area (Å²) in [6.45, 7) is 0. The van der Waals surface area contributed by atoms with Crippen LogP contribution >= 0.6 is 0 Å². The van der Waals surface area contributed by atoms with Gasteiger partial charge >= 0.3 is 36.2 Å². The second kappa shape index (κ2) is 6.42. The number of ether oxygens (including phenoxy) is 1. The molecule has 0 spiro atoms. The number of carbonyl (C=O) groups is 1. The average molecular weight is 369 g/mol. The molecule has 1 atom stereocenters. The van der Waals surface area contributed by atoms with Crippen molar-refractivity contribution in [3.05, 3.63) is 0 Å². The molecule has 0 rings (SSSR count). The summed E-state index contributed by atoms with van der Waals surface area (Å²) in [6.07, 6.45) is -21.1. The van der Waals surface area contributed by atoms with Crippen molar-refractivity contribution < 1.29 is 62.9 Å². The summed E-state index contributed by atoms with van der Waals surface area (Å²) < 4.78 is 134. The normalized spacial score (nSPS) is 16.9. The first-order valence-corrected chi connectivity index (χ1v) is 3.91. The number of rotatable bonds is 4. The molecule has 0 heterocycles. The molecule has 0 aromatic rings. The van der Waals surface area contributed by atoms with Crippen LogP contribution in [0.4, 0.5) is 48.3 Å². The molecule has 0 saturated heterocycles. The first-order chi connectivity index (χ1) is 8.40. The molecule has 0 bridgehead atoms. The summed E-state index contributed by atoms with van der Waals surface area (Å²) in [5.74, 6) is -17.6. The van der Waals surface area contributed by atoms with E-state index >= 15 is 0 Å². The van der Waals surface area contributed by atoms with E-state index in [0.717, 1.165) is 0 Å². The van der Waals surface area contributed by atoms with Crippen molar-refractivity contribution in [2.24, 2.45) is 0 Å². The Morgan fingerprint density at radius 1 is 0.762 bits per heavy atom. The van der Waals surface area contributed by atoms with E-state index in [1.54, 1.807) is 4.74 Å². The number of halogens is 11. The molecule has 0 fully saturated rings. The number of hydrogen-bond donors (Lipinski definition) is 1. The van der Waals surface area contributed by atoms with Gasteiger partial charge in [-0.3, -0.25) is 4.74 Å². The van der Waals surface area contributed by atoms with Crippen molar-refractivity contribution in [1.82, 2.24) is 0 Å².